The first-order valence-electron chi connectivity index (χ1n) is 4.88. The van der Waals surface area contributed by atoms with Gasteiger partial charge in [0.15, 0.2) is 5.78 Å². The molecule has 1 aromatic heterocycles. The van der Waals surface area contributed by atoms with Crippen molar-refractivity contribution in [3.63, 3.8) is 0 Å². The molecule has 1 aliphatic rings. The SMILES string of the molecule is COC1(CC(=O)c2cccs2)CCC1. The van der Waals surface area contributed by atoms with Crippen molar-refractivity contribution in [3.8, 4) is 0 Å². The zero-order valence-electron chi connectivity index (χ0n) is 8.29. The third-order valence-electron chi connectivity index (χ3n) is 2.98. The smallest absolute Gasteiger partial charge is 0.175 e. The lowest BCUT2D eigenvalue weighted by Gasteiger charge is -2.39. The summed E-state index contributed by atoms with van der Waals surface area (Å²) < 4.78 is 5.43. The standard InChI is InChI=1S/C11H14O2S/c1-13-11(5-3-6-11)8-9(12)10-4-2-7-14-10/h2,4,7H,3,5-6,8H2,1H3. The fourth-order valence-corrected chi connectivity index (χ4v) is 2.51. The summed E-state index contributed by atoms with van der Waals surface area (Å²) in [6, 6.07) is 3.80. The van der Waals surface area contributed by atoms with Crippen molar-refractivity contribution in [3.05, 3.63) is 22.4 Å². The van der Waals surface area contributed by atoms with Crippen molar-refractivity contribution < 1.29 is 9.53 Å². The number of Topliss-reactive ketones (excluding diaryl/α,β-unsaturated/α-hetero) is 1. The van der Waals surface area contributed by atoms with Gasteiger partial charge < -0.3 is 4.74 Å². The van der Waals surface area contributed by atoms with Gasteiger partial charge in [0, 0.05) is 13.5 Å². The van der Waals surface area contributed by atoms with Crippen molar-refractivity contribution >= 4 is 17.1 Å². The Labute approximate surface area is 87.9 Å². The van der Waals surface area contributed by atoms with E-state index >= 15 is 0 Å². The molecule has 0 saturated heterocycles. The van der Waals surface area contributed by atoms with Gasteiger partial charge in [-0.05, 0) is 30.7 Å². The minimum Gasteiger partial charge on any atom is -0.378 e. The molecule has 0 bridgehead atoms. The number of carbonyl (C=O) groups excluding carboxylic acids is 1. The number of methoxy groups -OCH3 is 1. The minimum atomic E-state index is -0.138. The van der Waals surface area contributed by atoms with Crippen LogP contribution in [0.15, 0.2) is 17.5 Å². The molecular formula is C11H14O2S. The van der Waals surface area contributed by atoms with Crippen molar-refractivity contribution in [1.29, 1.82) is 0 Å². The van der Waals surface area contributed by atoms with Gasteiger partial charge in [-0.3, -0.25) is 4.79 Å². The van der Waals surface area contributed by atoms with Crippen LogP contribution in [0, 0.1) is 0 Å². The number of hydrogen-bond acceptors (Lipinski definition) is 3. The van der Waals surface area contributed by atoms with Crippen molar-refractivity contribution in [1.82, 2.24) is 0 Å². The Morgan fingerprint density at radius 1 is 1.64 bits per heavy atom. The predicted octanol–water partition coefficient (Wildman–Crippen LogP) is 2.89. The van der Waals surface area contributed by atoms with Gasteiger partial charge in [0.1, 0.15) is 0 Å². The van der Waals surface area contributed by atoms with E-state index in [1.54, 1.807) is 7.11 Å². The molecule has 3 heteroatoms. The third-order valence-corrected chi connectivity index (χ3v) is 3.89. The molecular weight excluding hydrogens is 196 g/mol. The summed E-state index contributed by atoms with van der Waals surface area (Å²) in [6.07, 6.45) is 3.79. The second-order valence-electron chi connectivity index (χ2n) is 3.82. The summed E-state index contributed by atoms with van der Waals surface area (Å²) in [7, 11) is 1.71. The minimum absolute atomic E-state index is 0.138. The van der Waals surface area contributed by atoms with Crippen LogP contribution in [0.3, 0.4) is 0 Å². The lowest BCUT2D eigenvalue weighted by atomic mass is 9.76. The maximum Gasteiger partial charge on any atom is 0.175 e. The molecule has 1 aliphatic carbocycles. The van der Waals surface area contributed by atoms with Crippen LogP contribution in [0.2, 0.25) is 0 Å². The molecule has 0 aliphatic heterocycles. The maximum atomic E-state index is 11.8. The van der Waals surface area contributed by atoms with Gasteiger partial charge in [0.05, 0.1) is 10.5 Å². The summed E-state index contributed by atoms with van der Waals surface area (Å²) in [5.41, 5.74) is -0.138. The van der Waals surface area contributed by atoms with Crippen LogP contribution in [-0.4, -0.2) is 18.5 Å². The van der Waals surface area contributed by atoms with Crippen molar-refractivity contribution in [2.75, 3.05) is 7.11 Å². The third kappa shape index (κ3) is 1.74. The summed E-state index contributed by atoms with van der Waals surface area (Å²) in [5.74, 6) is 0.224. The van der Waals surface area contributed by atoms with Crippen molar-refractivity contribution in [2.24, 2.45) is 0 Å². The molecule has 1 saturated carbocycles. The molecule has 2 nitrogen and oxygen atoms in total. The highest BCUT2D eigenvalue weighted by Gasteiger charge is 2.39. The van der Waals surface area contributed by atoms with E-state index in [1.165, 1.54) is 17.8 Å². The molecule has 0 amide bonds. The zero-order chi connectivity index (χ0) is 10.0. The molecule has 0 unspecified atom stereocenters. The number of ketones is 1. The van der Waals surface area contributed by atoms with Crippen LogP contribution >= 0.6 is 11.3 Å². The molecule has 0 atom stereocenters. The Morgan fingerprint density at radius 3 is 2.86 bits per heavy atom. The molecule has 2 rings (SSSR count). The molecule has 1 heterocycles. The number of ether oxygens (including phenoxy) is 1. The molecule has 76 valence electrons. The van der Waals surface area contributed by atoms with Gasteiger partial charge >= 0.3 is 0 Å². The van der Waals surface area contributed by atoms with Gasteiger partial charge in [0.25, 0.3) is 0 Å². The van der Waals surface area contributed by atoms with Crippen LogP contribution in [-0.2, 0) is 4.74 Å². The number of rotatable bonds is 4. The lowest BCUT2D eigenvalue weighted by molar-refractivity contribution is -0.0704. The van der Waals surface area contributed by atoms with Crippen LogP contribution in [0.25, 0.3) is 0 Å². The van der Waals surface area contributed by atoms with E-state index in [0.29, 0.717) is 6.42 Å². The Hall–Kier alpha value is -0.670. The van der Waals surface area contributed by atoms with E-state index in [1.807, 2.05) is 17.5 Å². The maximum absolute atomic E-state index is 11.8. The molecule has 0 spiro atoms. The topological polar surface area (TPSA) is 26.3 Å². The molecule has 14 heavy (non-hydrogen) atoms. The first-order valence-corrected chi connectivity index (χ1v) is 5.76. The number of hydrogen-bond donors (Lipinski definition) is 0. The van der Waals surface area contributed by atoms with Gasteiger partial charge in [-0.2, -0.15) is 0 Å². The average Bonchev–Trinajstić information content (AvgIpc) is 2.63. The number of carbonyl (C=O) groups is 1. The summed E-state index contributed by atoms with van der Waals surface area (Å²) >= 11 is 1.51. The lowest BCUT2D eigenvalue weighted by Crippen LogP contribution is -2.41. The largest absolute Gasteiger partial charge is 0.378 e. The summed E-state index contributed by atoms with van der Waals surface area (Å²) in [6.45, 7) is 0. The van der Waals surface area contributed by atoms with E-state index in [0.717, 1.165) is 17.7 Å². The van der Waals surface area contributed by atoms with Crippen LogP contribution < -0.4 is 0 Å². The van der Waals surface area contributed by atoms with Crippen LogP contribution in [0.4, 0.5) is 0 Å². The Morgan fingerprint density at radius 2 is 2.43 bits per heavy atom. The highest BCUT2D eigenvalue weighted by Crippen LogP contribution is 2.39. The highest BCUT2D eigenvalue weighted by atomic mass is 32.1. The molecule has 1 aromatic rings. The quantitative estimate of drug-likeness (QED) is 0.714. The summed E-state index contributed by atoms with van der Waals surface area (Å²) in [5, 5.41) is 1.94. The Balaban J connectivity index is 2.01. The average molecular weight is 210 g/mol. The summed E-state index contributed by atoms with van der Waals surface area (Å²) in [4.78, 5) is 12.7. The second kappa shape index (κ2) is 3.83. The van der Waals surface area contributed by atoms with Crippen LogP contribution in [0.5, 0.6) is 0 Å². The molecule has 1 fully saturated rings. The van der Waals surface area contributed by atoms with Crippen LogP contribution in [0.1, 0.15) is 35.4 Å². The zero-order valence-corrected chi connectivity index (χ0v) is 9.10. The second-order valence-corrected chi connectivity index (χ2v) is 4.77. The molecule has 0 N–H and O–H groups in total. The van der Waals surface area contributed by atoms with E-state index in [4.69, 9.17) is 4.74 Å². The normalized spacial score (nSPS) is 18.9. The van der Waals surface area contributed by atoms with E-state index < -0.39 is 0 Å². The Bertz CT molecular complexity index is 307. The highest BCUT2D eigenvalue weighted by molar-refractivity contribution is 7.12. The molecule has 0 radical (unpaired) electrons. The van der Waals surface area contributed by atoms with Gasteiger partial charge in [-0.1, -0.05) is 6.07 Å². The predicted molar refractivity (Wildman–Crippen MR) is 56.9 cm³/mol. The van der Waals surface area contributed by atoms with Gasteiger partial charge in [-0.15, -0.1) is 11.3 Å². The van der Waals surface area contributed by atoms with E-state index in [2.05, 4.69) is 0 Å². The van der Waals surface area contributed by atoms with Crippen molar-refractivity contribution in [2.45, 2.75) is 31.3 Å². The first-order chi connectivity index (χ1) is 6.76. The fourth-order valence-electron chi connectivity index (χ4n) is 1.84. The number of thiophene rings is 1. The molecule has 0 aromatic carbocycles. The van der Waals surface area contributed by atoms with Gasteiger partial charge in [-0.25, -0.2) is 0 Å². The fraction of sp³-hybridized carbons (Fsp3) is 0.545. The monoisotopic (exact) mass is 210 g/mol. The van der Waals surface area contributed by atoms with Gasteiger partial charge in [0.2, 0.25) is 0 Å². The first kappa shape index (κ1) is 9.87. The van der Waals surface area contributed by atoms with E-state index in [-0.39, 0.29) is 11.4 Å². The van der Waals surface area contributed by atoms with E-state index in [9.17, 15) is 4.79 Å². The Kier molecular flexibility index (Phi) is 2.70.